The van der Waals surface area contributed by atoms with Gasteiger partial charge >= 0.3 is 0 Å². The quantitative estimate of drug-likeness (QED) is 0.781. The molecule has 150 valence electrons. The molecule has 0 radical (unpaired) electrons. The zero-order chi connectivity index (χ0) is 20.4. The molecule has 6 nitrogen and oxygen atoms in total. The Morgan fingerprint density at radius 2 is 1.72 bits per heavy atom. The Morgan fingerprint density at radius 3 is 2.45 bits per heavy atom. The van der Waals surface area contributed by atoms with E-state index in [4.69, 9.17) is 5.26 Å². The number of fused-ring (bicyclic) bond motifs is 1. The van der Waals surface area contributed by atoms with Crippen LogP contribution in [0.25, 0.3) is 0 Å². The Labute approximate surface area is 171 Å². The highest BCUT2D eigenvalue weighted by atomic mass is 32.2. The number of carbonyl (C=O) groups excluding carboxylic acids is 1. The minimum absolute atomic E-state index is 0.00672. The van der Waals surface area contributed by atoms with Crippen LogP contribution in [-0.4, -0.2) is 43.2 Å². The van der Waals surface area contributed by atoms with E-state index in [9.17, 15) is 13.2 Å². The Balaban J connectivity index is 1.54. The second-order valence-corrected chi connectivity index (χ2v) is 9.52. The SMILES string of the molecule is N#CC1CCN(C(=O)c2cccc(S(=O)(=O)N3CCc4ccccc4C3)c2)CC1. The predicted octanol–water partition coefficient (Wildman–Crippen LogP) is 2.81. The molecule has 2 aromatic carbocycles. The molecule has 0 N–H and O–H groups in total. The van der Waals surface area contributed by atoms with Crippen molar-refractivity contribution in [2.75, 3.05) is 19.6 Å². The third-order valence-electron chi connectivity index (χ3n) is 5.78. The van der Waals surface area contributed by atoms with Crippen molar-refractivity contribution in [2.45, 2.75) is 30.7 Å². The molecule has 1 amide bonds. The number of hydrogen-bond acceptors (Lipinski definition) is 4. The van der Waals surface area contributed by atoms with Crippen LogP contribution in [0.3, 0.4) is 0 Å². The third kappa shape index (κ3) is 3.91. The van der Waals surface area contributed by atoms with Crippen molar-refractivity contribution in [1.29, 1.82) is 5.26 Å². The van der Waals surface area contributed by atoms with Crippen molar-refractivity contribution >= 4 is 15.9 Å². The molecule has 0 saturated carbocycles. The summed E-state index contributed by atoms with van der Waals surface area (Å²) >= 11 is 0. The van der Waals surface area contributed by atoms with Gasteiger partial charge in [-0.1, -0.05) is 30.3 Å². The summed E-state index contributed by atoms with van der Waals surface area (Å²) in [5.74, 6) is -0.185. The fourth-order valence-corrected chi connectivity index (χ4v) is 5.47. The van der Waals surface area contributed by atoms with Gasteiger partial charge < -0.3 is 4.90 Å². The van der Waals surface area contributed by atoms with Crippen LogP contribution < -0.4 is 0 Å². The number of likely N-dealkylation sites (tertiary alicyclic amines) is 1. The Morgan fingerprint density at radius 1 is 1.00 bits per heavy atom. The third-order valence-corrected chi connectivity index (χ3v) is 7.62. The molecule has 2 aromatic rings. The smallest absolute Gasteiger partial charge is 0.253 e. The first kappa shape index (κ1) is 19.6. The number of sulfonamides is 1. The van der Waals surface area contributed by atoms with Gasteiger partial charge in [-0.05, 0) is 48.6 Å². The van der Waals surface area contributed by atoms with E-state index in [1.165, 1.54) is 15.9 Å². The second-order valence-electron chi connectivity index (χ2n) is 7.58. The maximum Gasteiger partial charge on any atom is 0.253 e. The monoisotopic (exact) mass is 409 g/mol. The molecule has 2 heterocycles. The summed E-state index contributed by atoms with van der Waals surface area (Å²) in [5.41, 5.74) is 2.58. The molecular weight excluding hydrogens is 386 g/mol. The highest BCUT2D eigenvalue weighted by molar-refractivity contribution is 7.89. The van der Waals surface area contributed by atoms with Gasteiger partial charge in [0.05, 0.1) is 11.0 Å². The van der Waals surface area contributed by atoms with E-state index >= 15 is 0 Å². The number of carbonyl (C=O) groups is 1. The molecule has 0 aliphatic carbocycles. The Kier molecular flexibility index (Phi) is 5.39. The van der Waals surface area contributed by atoms with Gasteiger partial charge in [-0.15, -0.1) is 0 Å². The summed E-state index contributed by atoms with van der Waals surface area (Å²) in [6.45, 7) is 1.82. The van der Waals surface area contributed by atoms with Gasteiger partial charge in [0.2, 0.25) is 10.0 Å². The Bertz CT molecular complexity index is 1070. The molecule has 2 aliphatic heterocycles. The molecule has 4 rings (SSSR count). The molecular formula is C22H23N3O3S. The summed E-state index contributed by atoms with van der Waals surface area (Å²) in [6.07, 6.45) is 2.00. The van der Waals surface area contributed by atoms with Crippen LogP contribution in [-0.2, 0) is 23.0 Å². The van der Waals surface area contributed by atoms with Crippen LogP contribution in [0.4, 0.5) is 0 Å². The number of piperidine rings is 1. The summed E-state index contributed by atoms with van der Waals surface area (Å²) < 4.78 is 27.9. The molecule has 1 fully saturated rings. The van der Waals surface area contributed by atoms with Crippen LogP contribution in [0.2, 0.25) is 0 Å². The zero-order valence-corrected chi connectivity index (χ0v) is 16.9. The first-order chi connectivity index (χ1) is 14.0. The first-order valence-electron chi connectivity index (χ1n) is 9.85. The minimum atomic E-state index is -3.68. The average molecular weight is 410 g/mol. The van der Waals surface area contributed by atoms with Gasteiger partial charge in [-0.3, -0.25) is 4.79 Å². The molecule has 0 unspecified atom stereocenters. The maximum absolute atomic E-state index is 13.2. The summed E-state index contributed by atoms with van der Waals surface area (Å²) in [6, 6.07) is 16.5. The molecule has 2 aliphatic rings. The lowest BCUT2D eigenvalue weighted by atomic mass is 9.98. The molecule has 0 aromatic heterocycles. The standard InChI is InChI=1S/C22H23N3O3S/c23-15-17-8-11-24(12-9-17)22(26)19-6-3-7-21(14-19)29(27,28)25-13-10-18-4-1-2-5-20(18)16-25/h1-7,14,17H,8-13,16H2. The van der Waals surface area contributed by atoms with E-state index in [-0.39, 0.29) is 16.7 Å². The fraction of sp³-hybridized carbons (Fsp3) is 0.364. The molecule has 0 spiro atoms. The highest BCUT2D eigenvalue weighted by Gasteiger charge is 2.29. The van der Waals surface area contributed by atoms with Crippen LogP contribution in [0, 0.1) is 17.2 Å². The lowest BCUT2D eigenvalue weighted by Gasteiger charge is -2.30. The number of hydrogen-bond donors (Lipinski definition) is 0. The van der Waals surface area contributed by atoms with Crippen molar-refractivity contribution in [3.8, 4) is 6.07 Å². The molecule has 0 bridgehead atoms. The van der Waals surface area contributed by atoms with E-state index in [0.717, 1.165) is 5.56 Å². The predicted molar refractivity (Wildman–Crippen MR) is 108 cm³/mol. The van der Waals surface area contributed by atoms with Crippen LogP contribution in [0.1, 0.15) is 34.3 Å². The largest absolute Gasteiger partial charge is 0.339 e. The molecule has 1 saturated heterocycles. The second kappa shape index (κ2) is 7.97. The van der Waals surface area contributed by atoms with Crippen LogP contribution in [0.15, 0.2) is 53.4 Å². The van der Waals surface area contributed by atoms with E-state index in [0.29, 0.717) is 51.0 Å². The molecule has 7 heteroatoms. The zero-order valence-electron chi connectivity index (χ0n) is 16.1. The van der Waals surface area contributed by atoms with Crippen LogP contribution >= 0.6 is 0 Å². The summed E-state index contributed by atoms with van der Waals surface area (Å²) in [7, 11) is -3.68. The summed E-state index contributed by atoms with van der Waals surface area (Å²) in [5, 5.41) is 9.02. The minimum Gasteiger partial charge on any atom is -0.339 e. The number of benzene rings is 2. The normalized spacial score (nSPS) is 18.1. The fourth-order valence-electron chi connectivity index (χ4n) is 4.01. The maximum atomic E-state index is 13.2. The van der Waals surface area contributed by atoms with Gasteiger partial charge in [0, 0.05) is 37.7 Å². The van der Waals surface area contributed by atoms with Gasteiger partial charge in [0.1, 0.15) is 0 Å². The topological polar surface area (TPSA) is 81.5 Å². The van der Waals surface area contributed by atoms with Crippen molar-refractivity contribution in [3.05, 3.63) is 65.2 Å². The van der Waals surface area contributed by atoms with Gasteiger partial charge in [0.25, 0.3) is 5.91 Å². The van der Waals surface area contributed by atoms with E-state index < -0.39 is 10.0 Å². The highest BCUT2D eigenvalue weighted by Crippen LogP contribution is 2.26. The first-order valence-corrected chi connectivity index (χ1v) is 11.3. The van der Waals surface area contributed by atoms with Crippen molar-refractivity contribution < 1.29 is 13.2 Å². The number of rotatable bonds is 3. The van der Waals surface area contributed by atoms with Gasteiger partial charge in [-0.2, -0.15) is 9.57 Å². The summed E-state index contributed by atoms with van der Waals surface area (Å²) in [4.78, 5) is 14.7. The van der Waals surface area contributed by atoms with Crippen molar-refractivity contribution in [1.82, 2.24) is 9.21 Å². The van der Waals surface area contributed by atoms with Crippen LogP contribution in [0.5, 0.6) is 0 Å². The van der Waals surface area contributed by atoms with E-state index in [2.05, 4.69) is 6.07 Å². The number of nitriles is 1. The average Bonchev–Trinajstić information content (AvgIpc) is 2.78. The molecule has 0 atom stereocenters. The van der Waals surface area contributed by atoms with E-state index in [1.54, 1.807) is 23.1 Å². The number of amides is 1. The number of nitrogens with zero attached hydrogens (tertiary/aromatic N) is 3. The van der Waals surface area contributed by atoms with Crippen molar-refractivity contribution in [3.63, 3.8) is 0 Å². The Hall–Kier alpha value is -2.69. The van der Waals surface area contributed by atoms with E-state index in [1.807, 2.05) is 24.3 Å². The van der Waals surface area contributed by atoms with Gasteiger partial charge in [-0.25, -0.2) is 8.42 Å². The van der Waals surface area contributed by atoms with Gasteiger partial charge in [0.15, 0.2) is 0 Å². The van der Waals surface area contributed by atoms with Crippen molar-refractivity contribution in [2.24, 2.45) is 5.92 Å². The lowest BCUT2D eigenvalue weighted by Crippen LogP contribution is -2.38. The molecule has 29 heavy (non-hydrogen) atoms. The lowest BCUT2D eigenvalue weighted by molar-refractivity contribution is 0.0707.